The van der Waals surface area contributed by atoms with Gasteiger partial charge in [-0.05, 0) is 38.3 Å². The Bertz CT molecular complexity index is 851. The summed E-state index contributed by atoms with van der Waals surface area (Å²) in [6.07, 6.45) is 1.63. The zero-order valence-corrected chi connectivity index (χ0v) is 20.5. The summed E-state index contributed by atoms with van der Waals surface area (Å²) in [4.78, 5) is 24.4. The fourth-order valence-corrected chi connectivity index (χ4v) is 4.23. The molecule has 1 fully saturated rings. The molecule has 0 radical (unpaired) electrons. The number of thiazole rings is 1. The van der Waals surface area contributed by atoms with Crippen molar-refractivity contribution < 1.29 is 4.79 Å². The van der Waals surface area contributed by atoms with Gasteiger partial charge in [0.1, 0.15) is 0 Å². The molecule has 158 valence electrons. The minimum atomic E-state index is 0. The third kappa shape index (κ3) is 6.67. The molecule has 1 aromatic carbocycles. The van der Waals surface area contributed by atoms with Gasteiger partial charge in [-0.15, -0.1) is 35.3 Å². The molecule has 6 nitrogen and oxygen atoms in total. The fourth-order valence-electron chi connectivity index (χ4n) is 3.35. The molecule has 29 heavy (non-hydrogen) atoms. The summed E-state index contributed by atoms with van der Waals surface area (Å²) in [6.45, 7) is 9.76. The second kappa shape index (κ2) is 11.5. The van der Waals surface area contributed by atoms with Crippen molar-refractivity contribution in [1.29, 1.82) is 0 Å². The molecule has 0 atom stereocenters. The van der Waals surface area contributed by atoms with Crippen LogP contribution in [-0.4, -0.2) is 34.8 Å². The molecule has 2 aromatic rings. The SMILES string of the molecule is CCNC(=NCc1ccccc1CN1CCCC1=O)NCc1sc(C)nc1C.I. The highest BCUT2D eigenvalue weighted by Crippen LogP contribution is 2.18. The molecule has 0 saturated carbocycles. The first-order valence-corrected chi connectivity index (χ1v) is 10.7. The van der Waals surface area contributed by atoms with Gasteiger partial charge in [0.2, 0.25) is 5.91 Å². The van der Waals surface area contributed by atoms with E-state index in [0.717, 1.165) is 41.7 Å². The number of aryl methyl sites for hydroxylation is 2. The molecule has 8 heteroatoms. The number of likely N-dealkylation sites (tertiary alicyclic amines) is 1. The highest BCUT2D eigenvalue weighted by Gasteiger charge is 2.20. The zero-order valence-electron chi connectivity index (χ0n) is 17.3. The van der Waals surface area contributed by atoms with E-state index in [0.29, 0.717) is 26.1 Å². The van der Waals surface area contributed by atoms with Gasteiger partial charge in [0, 0.05) is 30.9 Å². The Kier molecular flexibility index (Phi) is 9.35. The molecule has 0 unspecified atom stereocenters. The number of guanidine groups is 1. The van der Waals surface area contributed by atoms with Crippen molar-refractivity contribution in [3.05, 3.63) is 51.0 Å². The van der Waals surface area contributed by atoms with Crippen molar-refractivity contribution in [2.75, 3.05) is 13.1 Å². The van der Waals surface area contributed by atoms with Crippen LogP contribution < -0.4 is 10.6 Å². The molecule has 2 N–H and O–H groups in total. The summed E-state index contributed by atoms with van der Waals surface area (Å²) in [5, 5.41) is 7.80. The van der Waals surface area contributed by atoms with Gasteiger partial charge in [-0.2, -0.15) is 0 Å². The second-order valence-corrected chi connectivity index (χ2v) is 8.27. The van der Waals surface area contributed by atoms with Crippen LogP contribution in [0.2, 0.25) is 0 Å². The monoisotopic (exact) mass is 527 g/mol. The lowest BCUT2D eigenvalue weighted by molar-refractivity contribution is -0.128. The molecular formula is C21H30IN5OS. The van der Waals surface area contributed by atoms with Crippen LogP contribution in [-0.2, 0) is 24.4 Å². The number of nitrogens with zero attached hydrogens (tertiary/aromatic N) is 3. The van der Waals surface area contributed by atoms with E-state index in [-0.39, 0.29) is 29.9 Å². The normalized spacial score (nSPS) is 14.1. The van der Waals surface area contributed by atoms with Crippen LogP contribution >= 0.6 is 35.3 Å². The molecule has 1 aliphatic rings. The fraction of sp³-hybridized carbons (Fsp3) is 0.476. The summed E-state index contributed by atoms with van der Waals surface area (Å²) in [6, 6.07) is 8.26. The molecule has 1 saturated heterocycles. The van der Waals surface area contributed by atoms with Crippen LogP contribution in [0.15, 0.2) is 29.3 Å². The van der Waals surface area contributed by atoms with E-state index in [9.17, 15) is 4.79 Å². The van der Waals surface area contributed by atoms with Crippen LogP contribution in [0, 0.1) is 13.8 Å². The average Bonchev–Trinajstić information content (AvgIpc) is 3.22. The Labute approximate surface area is 194 Å². The van der Waals surface area contributed by atoms with Gasteiger partial charge >= 0.3 is 0 Å². The molecule has 1 aromatic heterocycles. The quantitative estimate of drug-likeness (QED) is 0.327. The molecule has 0 aliphatic carbocycles. The maximum atomic E-state index is 12.0. The Morgan fingerprint density at radius 3 is 2.62 bits per heavy atom. The third-order valence-corrected chi connectivity index (χ3v) is 5.89. The van der Waals surface area contributed by atoms with Crippen molar-refractivity contribution in [1.82, 2.24) is 20.5 Å². The van der Waals surface area contributed by atoms with E-state index >= 15 is 0 Å². The number of rotatable bonds is 7. The highest BCUT2D eigenvalue weighted by molar-refractivity contribution is 14.0. The minimum Gasteiger partial charge on any atom is -0.357 e. The van der Waals surface area contributed by atoms with Crippen molar-refractivity contribution in [2.24, 2.45) is 4.99 Å². The van der Waals surface area contributed by atoms with Crippen LogP contribution in [0.1, 0.15) is 46.5 Å². The molecular weight excluding hydrogens is 497 g/mol. The molecule has 2 heterocycles. The predicted octanol–water partition coefficient (Wildman–Crippen LogP) is 3.76. The number of carbonyl (C=O) groups is 1. The summed E-state index contributed by atoms with van der Waals surface area (Å²) in [5.41, 5.74) is 3.40. The molecule has 3 rings (SSSR count). The van der Waals surface area contributed by atoms with E-state index in [1.165, 1.54) is 10.4 Å². The number of aliphatic imine (C=N–C) groups is 1. The van der Waals surface area contributed by atoms with Crippen molar-refractivity contribution in [3.8, 4) is 0 Å². The van der Waals surface area contributed by atoms with Crippen molar-refractivity contribution >= 4 is 47.2 Å². The van der Waals surface area contributed by atoms with Crippen molar-refractivity contribution in [2.45, 2.75) is 53.2 Å². The summed E-state index contributed by atoms with van der Waals surface area (Å²) in [7, 11) is 0. The first-order chi connectivity index (χ1) is 13.6. The van der Waals surface area contributed by atoms with E-state index in [4.69, 9.17) is 4.99 Å². The molecule has 0 spiro atoms. The number of aromatic nitrogens is 1. The Hall–Kier alpha value is -1.68. The highest BCUT2D eigenvalue weighted by atomic mass is 127. The van der Waals surface area contributed by atoms with Gasteiger partial charge < -0.3 is 15.5 Å². The van der Waals surface area contributed by atoms with E-state index in [2.05, 4.69) is 34.7 Å². The largest absolute Gasteiger partial charge is 0.357 e. The van der Waals surface area contributed by atoms with Gasteiger partial charge in [-0.3, -0.25) is 4.79 Å². The maximum absolute atomic E-state index is 12.0. The van der Waals surface area contributed by atoms with Crippen LogP contribution in [0.3, 0.4) is 0 Å². The number of carbonyl (C=O) groups excluding carboxylic acids is 1. The first kappa shape index (κ1) is 23.6. The lowest BCUT2D eigenvalue weighted by Crippen LogP contribution is -2.36. The number of benzene rings is 1. The van der Waals surface area contributed by atoms with Crippen LogP contribution in [0.25, 0.3) is 0 Å². The Morgan fingerprint density at radius 1 is 1.24 bits per heavy atom. The number of halogens is 1. The number of hydrogen-bond donors (Lipinski definition) is 2. The minimum absolute atomic E-state index is 0. The Morgan fingerprint density at radius 2 is 2.00 bits per heavy atom. The zero-order chi connectivity index (χ0) is 19.9. The summed E-state index contributed by atoms with van der Waals surface area (Å²) < 4.78 is 0. The topological polar surface area (TPSA) is 69.6 Å². The maximum Gasteiger partial charge on any atom is 0.222 e. The molecule has 1 aliphatic heterocycles. The van der Waals surface area contributed by atoms with Gasteiger partial charge in [-0.1, -0.05) is 24.3 Å². The van der Waals surface area contributed by atoms with Gasteiger partial charge in [-0.25, -0.2) is 9.98 Å². The van der Waals surface area contributed by atoms with Gasteiger partial charge in [0.15, 0.2) is 5.96 Å². The first-order valence-electron chi connectivity index (χ1n) is 9.86. The lowest BCUT2D eigenvalue weighted by Gasteiger charge is -2.18. The lowest BCUT2D eigenvalue weighted by atomic mass is 10.1. The summed E-state index contributed by atoms with van der Waals surface area (Å²) in [5.74, 6) is 1.04. The average molecular weight is 527 g/mol. The van der Waals surface area contributed by atoms with E-state index in [1.54, 1.807) is 11.3 Å². The van der Waals surface area contributed by atoms with Crippen LogP contribution in [0.4, 0.5) is 0 Å². The van der Waals surface area contributed by atoms with Gasteiger partial charge in [0.05, 0.1) is 23.8 Å². The van der Waals surface area contributed by atoms with Crippen molar-refractivity contribution in [3.63, 3.8) is 0 Å². The standard InChI is InChI=1S/C21H29N5OS.HI/c1-4-22-21(24-13-19-15(2)25-16(3)28-19)23-12-17-8-5-6-9-18(17)14-26-11-7-10-20(26)27;/h5-6,8-9H,4,7,10-14H2,1-3H3,(H2,22,23,24);1H. The van der Waals surface area contributed by atoms with E-state index < -0.39 is 0 Å². The van der Waals surface area contributed by atoms with Crippen LogP contribution in [0.5, 0.6) is 0 Å². The molecule has 0 bridgehead atoms. The predicted molar refractivity (Wildman–Crippen MR) is 130 cm³/mol. The number of nitrogens with one attached hydrogen (secondary N) is 2. The summed E-state index contributed by atoms with van der Waals surface area (Å²) >= 11 is 1.72. The third-order valence-electron chi connectivity index (χ3n) is 4.82. The smallest absolute Gasteiger partial charge is 0.222 e. The van der Waals surface area contributed by atoms with E-state index in [1.807, 2.05) is 30.9 Å². The second-order valence-electron chi connectivity index (χ2n) is 6.98. The van der Waals surface area contributed by atoms with Gasteiger partial charge in [0.25, 0.3) is 0 Å². The number of hydrogen-bond acceptors (Lipinski definition) is 4. The Balaban J connectivity index is 0.00000300. The number of amides is 1. The molecule has 1 amide bonds.